The van der Waals surface area contributed by atoms with E-state index < -0.39 is 8.32 Å². The fraction of sp³-hybridized carbons (Fsp3) is 0.800. The highest BCUT2D eigenvalue weighted by Crippen LogP contribution is 2.64. The fourth-order valence-electron chi connectivity index (χ4n) is 6.59. The van der Waals surface area contributed by atoms with Gasteiger partial charge in [-0.05, 0) is 80.0 Å². The molecular weight excluding hydrogens is 487 g/mol. The third-order valence-corrected chi connectivity index (χ3v) is 15.3. The van der Waals surface area contributed by atoms with E-state index in [1.165, 1.54) is 24.8 Å². The third-order valence-electron chi connectivity index (χ3n) is 9.47. The van der Waals surface area contributed by atoms with E-state index in [-0.39, 0.29) is 15.9 Å². The lowest BCUT2D eigenvalue weighted by Gasteiger charge is -2.54. The van der Waals surface area contributed by atoms with Gasteiger partial charge in [0, 0.05) is 16.3 Å². The van der Waals surface area contributed by atoms with Gasteiger partial charge in [-0.1, -0.05) is 67.5 Å². The SMILES string of the molecule is CC(C)(C)[Si](C)(C)O[C@H]1CC[C@H]2[C@@H]3CCC4=CC(=O)CC[C@]4(CI)C3=CC[C@]12C. The maximum absolute atomic E-state index is 12.1. The van der Waals surface area contributed by atoms with E-state index in [2.05, 4.69) is 69.5 Å². The third kappa shape index (κ3) is 3.38. The normalized spacial score (nSPS) is 40.0. The Labute approximate surface area is 192 Å². The van der Waals surface area contributed by atoms with Gasteiger partial charge in [-0.15, -0.1) is 0 Å². The molecule has 0 amide bonds. The molecule has 0 aliphatic heterocycles. The number of fused-ring (bicyclic) bond motifs is 5. The summed E-state index contributed by atoms with van der Waals surface area (Å²) >= 11 is 2.59. The van der Waals surface area contributed by atoms with Crippen molar-refractivity contribution in [1.82, 2.24) is 0 Å². The molecule has 0 bridgehead atoms. The van der Waals surface area contributed by atoms with E-state index in [1.807, 2.05) is 6.08 Å². The van der Waals surface area contributed by atoms with Crippen LogP contribution in [0.5, 0.6) is 0 Å². The van der Waals surface area contributed by atoms with Gasteiger partial charge in [0.05, 0.1) is 6.10 Å². The molecule has 2 fully saturated rings. The second-order valence-corrected chi connectivity index (χ2v) is 17.4. The summed E-state index contributed by atoms with van der Waals surface area (Å²) in [7, 11) is -1.76. The predicted octanol–water partition coefficient (Wildman–Crippen LogP) is 7.24. The molecular formula is C25H39IO2Si. The van der Waals surface area contributed by atoms with Crippen LogP contribution >= 0.6 is 22.6 Å². The summed E-state index contributed by atoms with van der Waals surface area (Å²) in [5.41, 5.74) is 3.60. The van der Waals surface area contributed by atoms with Crippen LogP contribution in [0.4, 0.5) is 0 Å². The molecule has 0 aromatic heterocycles. The molecule has 0 N–H and O–H groups in total. The van der Waals surface area contributed by atoms with Crippen molar-refractivity contribution in [3.05, 3.63) is 23.3 Å². The zero-order chi connectivity index (χ0) is 21.2. The minimum absolute atomic E-state index is 0.178. The Morgan fingerprint density at radius 2 is 1.93 bits per heavy atom. The maximum atomic E-state index is 12.1. The van der Waals surface area contributed by atoms with Crippen molar-refractivity contribution in [3.63, 3.8) is 0 Å². The van der Waals surface area contributed by atoms with E-state index in [9.17, 15) is 4.79 Å². The molecule has 4 rings (SSSR count). The standard InChI is InChI=1S/C25H39IO2Si/c1-23(2,3)29(5,6)28-22-10-9-20-19-8-7-17-15-18(27)11-14-25(17,16-26)21(19)12-13-24(20,22)4/h12,15,19-20,22H,7-11,13-14,16H2,1-6H3/t19-,20-,22-,24-,25+/m0/s1. The lowest BCUT2D eigenvalue weighted by Crippen LogP contribution is -2.51. The van der Waals surface area contributed by atoms with Gasteiger partial charge in [0.15, 0.2) is 14.1 Å². The second-order valence-electron chi connectivity index (χ2n) is 11.9. The monoisotopic (exact) mass is 526 g/mol. The zero-order valence-electron chi connectivity index (χ0n) is 19.2. The Morgan fingerprint density at radius 3 is 2.59 bits per heavy atom. The first-order valence-electron chi connectivity index (χ1n) is 11.6. The molecule has 0 heterocycles. The first-order chi connectivity index (χ1) is 13.4. The lowest BCUT2D eigenvalue weighted by atomic mass is 9.52. The van der Waals surface area contributed by atoms with Gasteiger partial charge in [0.1, 0.15) is 0 Å². The molecule has 0 spiro atoms. The number of ketones is 1. The van der Waals surface area contributed by atoms with Crippen molar-refractivity contribution < 1.29 is 9.22 Å². The number of halogens is 1. The highest BCUT2D eigenvalue weighted by atomic mass is 127. The summed E-state index contributed by atoms with van der Waals surface area (Å²) in [6.45, 7) is 14.4. The molecule has 4 aliphatic carbocycles. The number of hydrogen-bond donors (Lipinski definition) is 0. The average molecular weight is 527 g/mol. The fourth-order valence-corrected chi connectivity index (χ4v) is 9.35. The zero-order valence-corrected chi connectivity index (χ0v) is 22.4. The van der Waals surface area contributed by atoms with E-state index in [1.54, 1.807) is 5.57 Å². The summed E-state index contributed by atoms with van der Waals surface area (Å²) in [4.78, 5) is 12.1. The van der Waals surface area contributed by atoms with Gasteiger partial charge in [-0.3, -0.25) is 4.79 Å². The van der Waals surface area contributed by atoms with E-state index >= 15 is 0 Å². The molecule has 0 aromatic rings. The lowest BCUT2D eigenvalue weighted by molar-refractivity contribution is -0.115. The van der Waals surface area contributed by atoms with Crippen molar-refractivity contribution in [3.8, 4) is 0 Å². The summed E-state index contributed by atoms with van der Waals surface area (Å²) in [5.74, 6) is 1.79. The minimum Gasteiger partial charge on any atom is -0.413 e. The Balaban J connectivity index is 1.66. The number of carbonyl (C=O) groups is 1. The molecule has 4 heteroatoms. The molecule has 29 heavy (non-hydrogen) atoms. The molecule has 4 aliphatic rings. The number of hydrogen-bond acceptors (Lipinski definition) is 2. The molecule has 0 radical (unpaired) electrons. The maximum Gasteiger partial charge on any atom is 0.192 e. The van der Waals surface area contributed by atoms with Crippen LogP contribution in [0.25, 0.3) is 0 Å². The summed E-state index contributed by atoms with van der Waals surface area (Å²) in [6.07, 6.45) is 12.9. The van der Waals surface area contributed by atoms with Crippen LogP contribution < -0.4 is 0 Å². The van der Waals surface area contributed by atoms with Gasteiger partial charge < -0.3 is 4.43 Å². The van der Waals surface area contributed by atoms with Crippen LogP contribution in [0.15, 0.2) is 23.3 Å². The van der Waals surface area contributed by atoms with Crippen LogP contribution in [0, 0.1) is 22.7 Å². The minimum atomic E-state index is -1.76. The molecule has 5 atom stereocenters. The van der Waals surface area contributed by atoms with E-state index in [0.29, 0.717) is 17.8 Å². The highest BCUT2D eigenvalue weighted by molar-refractivity contribution is 14.1. The molecule has 0 unspecified atom stereocenters. The number of alkyl halides is 1. The van der Waals surface area contributed by atoms with Gasteiger partial charge in [-0.25, -0.2) is 0 Å². The topological polar surface area (TPSA) is 26.3 Å². The van der Waals surface area contributed by atoms with Crippen molar-refractivity contribution in [2.24, 2.45) is 22.7 Å². The van der Waals surface area contributed by atoms with Crippen molar-refractivity contribution in [2.45, 2.75) is 96.9 Å². The smallest absolute Gasteiger partial charge is 0.192 e. The Hall–Kier alpha value is 0.0569. The van der Waals surface area contributed by atoms with E-state index in [4.69, 9.17) is 4.43 Å². The van der Waals surface area contributed by atoms with Crippen LogP contribution in [0.1, 0.15) is 72.6 Å². The van der Waals surface area contributed by atoms with Crippen molar-refractivity contribution in [1.29, 1.82) is 0 Å². The first-order valence-corrected chi connectivity index (χ1v) is 16.1. The van der Waals surface area contributed by atoms with Gasteiger partial charge in [0.2, 0.25) is 0 Å². The summed E-state index contributed by atoms with van der Waals surface area (Å²) in [5, 5.41) is 0.265. The van der Waals surface area contributed by atoms with Gasteiger partial charge in [-0.2, -0.15) is 0 Å². The van der Waals surface area contributed by atoms with Crippen LogP contribution in [0.2, 0.25) is 18.1 Å². The molecule has 0 aromatic carbocycles. The average Bonchev–Trinajstić information content (AvgIpc) is 2.96. The Kier molecular flexibility index (Phi) is 5.60. The number of allylic oxidation sites excluding steroid dienone is 4. The number of carbonyl (C=O) groups excluding carboxylic acids is 1. The van der Waals surface area contributed by atoms with Crippen molar-refractivity contribution in [2.75, 3.05) is 4.43 Å². The second kappa shape index (κ2) is 7.30. The van der Waals surface area contributed by atoms with Crippen LogP contribution in [-0.4, -0.2) is 24.6 Å². The van der Waals surface area contributed by atoms with Crippen LogP contribution in [-0.2, 0) is 9.22 Å². The summed E-state index contributed by atoms with van der Waals surface area (Å²) < 4.78 is 8.16. The van der Waals surface area contributed by atoms with Crippen LogP contribution in [0.3, 0.4) is 0 Å². The number of rotatable bonds is 3. The highest BCUT2D eigenvalue weighted by Gasteiger charge is 2.58. The van der Waals surface area contributed by atoms with Gasteiger partial charge >= 0.3 is 0 Å². The quantitative estimate of drug-likeness (QED) is 0.168. The molecule has 162 valence electrons. The first kappa shape index (κ1) is 22.3. The van der Waals surface area contributed by atoms with Gasteiger partial charge in [0.25, 0.3) is 0 Å². The largest absolute Gasteiger partial charge is 0.413 e. The summed E-state index contributed by atoms with van der Waals surface area (Å²) in [6, 6.07) is 0. The predicted molar refractivity (Wildman–Crippen MR) is 132 cm³/mol. The van der Waals surface area contributed by atoms with E-state index in [0.717, 1.165) is 36.0 Å². The molecule has 0 saturated heterocycles. The Bertz CT molecular complexity index is 761. The molecule has 2 nitrogen and oxygen atoms in total. The van der Waals surface area contributed by atoms with Crippen molar-refractivity contribution >= 4 is 36.7 Å². The Morgan fingerprint density at radius 1 is 1.21 bits per heavy atom. The molecule has 2 saturated carbocycles.